The lowest BCUT2D eigenvalue weighted by atomic mass is 10.1. The molecule has 1 aromatic heterocycles. The first-order valence-corrected chi connectivity index (χ1v) is 10.2. The molecule has 3 rings (SSSR count). The summed E-state index contributed by atoms with van der Waals surface area (Å²) in [6.07, 6.45) is 1.30. The maximum atomic E-state index is 12.6. The number of hydrogen-bond acceptors (Lipinski definition) is 3. The predicted octanol–water partition coefficient (Wildman–Crippen LogP) is 4.22. The molecule has 0 aliphatic heterocycles. The van der Waals surface area contributed by atoms with Crippen molar-refractivity contribution in [3.05, 3.63) is 82.7 Å². The fourth-order valence-corrected chi connectivity index (χ4v) is 3.31. The third kappa shape index (κ3) is 5.80. The Kier molecular flexibility index (Phi) is 7.01. The standard InChI is InChI=1S/C24H28N4O2/c1-4-7-23(29)26-22-11-6-8-19(14-22)15-25-24(30)21-10-5-9-20(13-21)16-28-18(3)12-17(2)27-28/h5-6,8-14H,4,7,15-16H2,1-3H3,(H,25,30)(H,26,29). The molecule has 6 heteroatoms. The molecule has 0 saturated heterocycles. The maximum absolute atomic E-state index is 12.6. The number of anilines is 1. The number of aryl methyl sites for hydroxylation is 2. The number of carbonyl (C=O) groups is 2. The zero-order valence-electron chi connectivity index (χ0n) is 17.7. The van der Waals surface area contributed by atoms with Crippen LogP contribution in [-0.4, -0.2) is 21.6 Å². The van der Waals surface area contributed by atoms with E-state index in [2.05, 4.69) is 15.7 Å². The molecule has 0 spiro atoms. The first-order valence-electron chi connectivity index (χ1n) is 10.2. The second-order valence-electron chi connectivity index (χ2n) is 7.47. The van der Waals surface area contributed by atoms with Crippen molar-refractivity contribution in [2.75, 3.05) is 5.32 Å². The monoisotopic (exact) mass is 404 g/mol. The van der Waals surface area contributed by atoms with E-state index in [1.165, 1.54) is 0 Å². The van der Waals surface area contributed by atoms with Crippen LogP contribution in [0.4, 0.5) is 5.69 Å². The third-order valence-corrected chi connectivity index (χ3v) is 4.77. The number of rotatable bonds is 8. The molecule has 0 radical (unpaired) electrons. The van der Waals surface area contributed by atoms with Crippen LogP contribution in [-0.2, 0) is 17.9 Å². The SMILES string of the molecule is CCCC(=O)Nc1cccc(CNC(=O)c2cccc(Cn3nc(C)cc3C)c2)c1. The molecular formula is C24H28N4O2. The first-order chi connectivity index (χ1) is 14.4. The van der Waals surface area contributed by atoms with Gasteiger partial charge in [-0.15, -0.1) is 0 Å². The smallest absolute Gasteiger partial charge is 0.251 e. The Morgan fingerprint density at radius 1 is 1.00 bits per heavy atom. The van der Waals surface area contributed by atoms with Crippen molar-refractivity contribution in [3.63, 3.8) is 0 Å². The number of hydrogen-bond donors (Lipinski definition) is 2. The average molecular weight is 405 g/mol. The highest BCUT2D eigenvalue weighted by Crippen LogP contribution is 2.13. The third-order valence-electron chi connectivity index (χ3n) is 4.77. The molecule has 3 aromatic rings. The summed E-state index contributed by atoms with van der Waals surface area (Å²) in [6.45, 7) is 6.98. The van der Waals surface area contributed by atoms with Gasteiger partial charge in [-0.25, -0.2) is 0 Å². The fourth-order valence-electron chi connectivity index (χ4n) is 3.31. The van der Waals surface area contributed by atoms with Gasteiger partial charge in [0.05, 0.1) is 12.2 Å². The lowest BCUT2D eigenvalue weighted by molar-refractivity contribution is -0.116. The summed E-state index contributed by atoms with van der Waals surface area (Å²) in [4.78, 5) is 24.4. The largest absolute Gasteiger partial charge is 0.348 e. The lowest BCUT2D eigenvalue weighted by Crippen LogP contribution is -2.23. The van der Waals surface area contributed by atoms with Crippen LogP contribution in [0, 0.1) is 13.8 Å². The van der Waals surface area contributed by atoms with Crippen molar-refractivity contribution in [2.45, 2.75) is 46.7 Å². The number of carbonyl (C=O) groups excluding carboxylic acids is 2. The molecule has 6 nitrogen and oxygen atoms in total. The molecule has 0 fully saturated rings. The quantitative estimate of drug-likeness (QED) is 0.590. The van der Waals surface area contributed by atoms with E-state index in [1.807, 2.05) is 74.0 Å². The summed E-state index contributed by atoms with van der Waals surface area (Å²) in [5, 5.41) is 10.3. The van der Waals surface area contributed by atoms with E-state index in [4.69, 9.17) is 0 Å². The maximum Gasteiger partial charge on any atom is 0.251 e. The molecule has 2 amide bonds. The minimum Gasteiger partial charge on any atom is -0.348 e. The fraction of sp³-hybridized carbons (Fsp3) is 0.292. The van der Waals surface area contributed by atoms with Gasteiger partial charge in [-0.05, 0) is 61.7 Å². The van der Waals surface area contributed by atoms with E-state index in [-0.39, 0.29) is 11.8 Å². The Labute approximate surface area is 177 Å². The zero-order chi connectivity index (χ0) is 21.5. The molecule has 2 aromatic carbocycles. The van der Waals surface area contributed by atoms with Crippen molar-refractivity contribution < 1.29 is 9.59 Å². The van der Waals surface area contributed by atoms with Gasteiger partial charge >= 0.3 is 0 Å². The van der Waals surface area contributed by atoms with Crippen molar-refractivity contribution >= 4 is 17.5 Å². The van der Waals surface area contributed by atoms with Crippen LogP contribution in [0.15, 0.2) is 54.6 Å². The van der Waals surface area contributed by atoms with E-state index < -0.39 is 0 Å². The number of aromatic nitrogens is 2. The molecule has 0 aliphatic carbocycles. The molecule has 0 bridgehead atoms. The van der Waals surface area contributed by atoms with Gasteiger partial charge in [-0.2, -0.15) is 5.10 Å². The topological polar surface area (TPSA) is 76.0 Å². The molecule has 156 valence electrons. The van der Waals surface area contributed by atoms with Crippen molar-refractivity contribution in [1.82, 2.24) is 15.1 Å². The van der Waals surface area contributed by atoms with Crippen molar-refractivity contribution in [3.8, 4) is 0 Å². The van der Waals surface area contributed by atoms with Crippen LogP contribution in [0.3, 0.4) is 0 Å². The summed E-state index contributed by atoms with van der Waals surface area (Å²) in [6, 6.07) is 17.2. The lowest BCUT2D eigenvalue weighted by Gasteiger charge is -2.10. The molecule has 0 saturated carbocycles. The minimum absolute atomic E-state index is 0.00175. The highest BCUT2D eigenvalue weighted by Gasteiger charge is 2.09. The summed E-state index contributed by atoms with van der Waals surface area (Å²) in [7, 11) is 0. The highest BCUT2D eigenvalue weighted by atomic mass is 16.2. The van der Waals surface area contributed by atoms with Crippen LogP contribution < -0.4 is 10.6 Å². The molecule has 1 heterocycles. The van der Waals surface area contributed by atoms with Crippen LogP contribution in [0.25, 0.3) is 0 Å². The summed E-state index contributed by atoms with van der Waals surface area (Å²) < 4.78 is 1.94. The Bertz CT molecular complexity index is 1040. The molecular weight excluding hydrogens is 376 g/mol. The number of benzene rings is 2. The van der Waals surface area contributed by atoms with E-state index in [9.17, 15) is 9.59 Å². The highest BCUT2D eigenvalue weighted by molar-refractivity contribution is 5.94. The van der Waals surface area contributed by atoms with Gasteiger partial charge in [-0.3, -0.25) is 14.3 Å². The summed E-state index contributed by atoms with van der Waals surface area (Å²) in [5.41, 5.74) is 5.38. The van der Waals surface area contributed by atoms with E-state index in [0.717, 1.165) is 34.6 Å². The van der Waals surface area contributed by atoms with E-state index >= 15 is 0 Å². The van der Waals surface area contributed by atoms with Crippen LogP contribution in [0.2, 0.25) is 0 Å². The van der Waals surface area contributed by atoms with E-state index in [1.54, 1.807) is 6.07 Å². The average Bonchev–Trinajstić information content (AvgIpc) is 3.03. The molecule has 2 N–H and O–H groups in total. The number of amides is 2. The van der Waals surface area contributed by atoms with Gasteiger partial charge in [0.2, 0.25) is 5.91 Å². The van der Waals surface area contributed by atoms with Gasteiger partial charge in [-0.1, -0.05) is 31.2 Å². The molecule has 0 atom stereocenters. The predicted molar refractivity (Wildman–Crippen MR) is 118 cm³/mol. The van der Waals surface area contributed by atoms with Crippen LogP contribution >= 0.6 is 0 Å². The minimum atomic E-state index is -0.134. The van der Waals surface area contributed by atoms with Crippen LogP contribution in [0.5, 0.6) is 0 Å². The normalized spacial score (nSPS) is 10.6. The van der Waals surface area contributed by atoms with Gasteiger partial charge in [0.1, 0.15) is 0 Å². The molecule has 0 unspecified atom stereocenters. The van der Waals surface area contributed by atoms with Crippen molar-refractivity contribution in [1.29, 1.82) is 0 Å². The number of nitrogens with zero attached hydrogens (tertiary/aromatic N) is 2. The Balaban J connectivity index is 1.61. The van der Waals surface area contributed by atoms with Gasteiger partial charge in [0, 0.05) is 29.9 Å². The second-order valence-corrected chi connectivity index (χ2v) is 7.47. The Morgan fingerprint density at radius 3 is 2.50 bits per heavy atom. The molecule has 0 aliphatic rings. The summed E-state index contributed by atoms with van der Waals surface area (Å²) >= 11 is 0. The second kappa shape index (κ2) is 9.87. The Hall–Kier alpha value is -3.41. The van der Waals surface area contributed by atoms with Gasteiger partial charge < -0.3 is 10.6 Å². The van der Waals surface area contributed by atoms with E-state index in [0.29, 0.717) is 25.1 Å². The number of nitrogens with one attached hydrogen (secondary N) is 2. The Morgan fingerprint density at radius 2 is 1.77 bits per heavy atom. The first kappa shape index (κ1) is 21.3. The molecule has 30 heavy (non-hydrogen) atoms. The van der Waals surface area contributed by atoms with Crippen molar-refractivity contribution in [2.24, 2.45) is 0 Å². The summed E-state index contributed by atoms with van der Waals surface area (Å²) in [5.74, 6) is -0.135. The zero-order valence-corrected chi connectivity index (χ0v) is 17.7. The van der Waals surface area contributed by atoms with Gasteiger partial charge in [0.15, 0.2) is 0 Å². The van der Waals surface area contributed by atoms with Crippen LogP contribution in [0.1, 0.15) is 52.6 Å². The van der Waals surface area contributed by atoms with Gasteiger partial charge in [0.25, 0.3) is 5.91 Å².